The number of anilines is 1. The second-order valence-corrected chi connectivity index (χ2v) is 4.38. The highest BCUT2D eigenvalue weighted by atomic mass is 16.6. The molecule has 1 N–H and O–H groups in total. The molecule has 1 aromatic heterocycles. The van der Waals surface area contributed by atoms with E-state index in [-0.39, 0.29) is 22.8 Å². The fourth-order valence-electron chi connectivity index (χ4n) is 1.91. The summed E-state index contributed by atoms with van der Waals surface area (Å²) in [4.78, 5) is 26.6. The topological polar surface area (TPSA) is 104 Å². The fraction of sp³-hybridized carbons (Fsp3) is 0.200. The Morgan fingerprint density at radius 1 is 1.35 bits per heavy atom. The number of nitro groups is 1. The first-order valence-electron chi connectivity index (χ1n) is 6.78. The Morgan fingerprint density at radius 3 is 2.78 bits per heavy atom. The molecule has 0 aliphatic heterocycles. The van der Waals surface area contributed by atoms with Gasteiger partial charge in [-0.25, -0.2) is 4.98 Å². The number of carbonyl (C=O) groups excluding carboxylic acids is 1. The third-order valence-electron chi connectivity index (χ3n) is 2.94. The lowest BCUT2D eigenvalue weighted by Crippen LogP contribution is -2.14. The van der Waals surface area contributed by atoms with Gasteiger partial charge in [-0.15, -0.1) is 0 Å². The largest absolute Gasteiger partial charge is 0.490 e. The summed E-state index contributed by atoms with van der Waals surface area (Å²) in [5.41, 5.74) is -0.00237. The van der Waals surface area contributed by atoms with Crippen molar-refractivity contribution >= 4 is 17.4 Å². The Labute approximate surface area is 132 Å². The van der Waals surface area contributed by atoms with Gasteiger partial charge < -0.3 is 14.8 Å². The Morgan fingerprint density at radius 2 is 2.13 bits per heavy atom. The number of nitrogens with zero attached hydrogens (tertiary/aromatic N) is 2. The van der Waals surface area contributed by atoms with Crippen LogP contribution in [0.5, 0.6) is 11.5 Å². The molecule has 0 radical (unpaired) electrons. The molecule has 0 spiro atoms. The van der Waals surface area contributed by atoms with Crippen molar-refractivity contribution in [2.75, 3.05) is 19.0 Å². The molecule has 0 aliphatic rings. The number of carbonyl (C=O) groups is 1. The molecular weight excluding hydrogens is 302 g/mol. The Bertz CT molecular complexity index is 733. The molecule has 0 saturated heterocycles. The number of rotatable bonds is 6. The highest BCUT2D eigenvalue weighted by Crippen LogP contribution is 2.28. The molecule has 0 atom stereocenters. The van der Waals surface area contributed by atoms with E-state index in [2.05, 4.69) is 10.3 Å². The number of ether oxygens (including phenoxy) is 2. The summed E-state index contributed by atoms with van der Waals surface area (Å²) >= 11 is 0. The number of pyridine rings is 1. The second kappa shape index (κ2) is 7.21. The predicted octanol–water partition coefficient (Wildman–Crippen LogP) is 2.65. The predicted molar refractivity (Wildman–Crippen MR) is 83.0 cm³/mol. The van der Waals surface area contributed by atoms with E-state index in [1.165, 1.54) is 31.5 Å². The standard InChI is InChI=1S/C15H15N3O5/c1-3-23-12-5-4-8-16-14(12)17-15(19)10-6-7-11(18(20)21)13(9-10)22-2/h4-9H,3H2,1-2H3,(H,16,17,19). The maximum absolute atomic E-state index is 12.3. The van der Waals surface area contributed by atoms with Crippen LogP contribution in [0.1, 0.15) is 17.3 Å². The third kappa shape index (κ3) is 3.73. The van der Waals surface area contributed by atoms with Gasteiger partial charge in [-0.2, -0.15) is 0 Å². The summed E-state index contributed by atoms with van der Waals surface area (Å²) in [6, 6.07) is 7.24. The molecule has 0 bridgehead atoms. The van der Waals surface area contributed by atoms with Crippen molar-refractivity contribution < 1.29 is 19.2 Å². The number of amides is 1. The van der Waals surface area contributed by atoms with Gasteiger partial charge in [0.15, 0.2) is 17.3 Å². The molecule has 0 aliphatic carbocycles. The molecule has 1 heterocycles. The van der Waals surface area contributed by atoms with E-state index in [9.17, 15) is 14.9 Å². The lowest BCUT2D eigenvalue weighted by Gasteiger charge is -2.10. The number of methoxy groups -OCH3 is 1. The van der Waals surface area contributed by atoms with E-state index >= 15 is 0 Å². The van der Waals surface area contributed by atoms with Gasteiger partial charge >= 0.3 is 5.69 Å². The molecule has 0 unspecified atom stereocenters. The number of nitro benzene ring substituents is 1. The van der Waals surface area contributed by atoms with Crippen LogP contribution in [-0.2, 0) is 0 Å². The van der Waals surface area contributed by atoms with E-state index in [1.807, 2.05) is 6.92 Å². The lowest BCUT2D eigenvalue weighted by atomic mass is 10.1. The zero-order chi connectivity index (χ0) is 16.8. The third-order valence-corrected chi connectivity index (χ3v) is 2.94. The van der Waals surface area contributed by atoms with Gasteiger partial charge in [-0.05, 0) is 25.1 Å². The van der Waals surface area contributed by atoms with Crippen molar-refractivity contribution in [2.24, 2.45) is 0 Å². The van der Waals surface area contributed by atoms with Crippen LogP contribution in [0.3, 0.4) is 0 Å². The maximum atomic E-state index is 12.3. The monoisotopic (exact) mass is 317 g/mol. The van der Waals surface area contributed by atoms with Crippen LogP contribution in [0.4, 0.5) is 11.5 Å². The highest BCUT2D eigenvalue weighted by molar-refractivity contribution is 6.04. The Balaban J connectivity index is 2.26. The number of benzene rings is 1. The second-order valence-electron chi connectivity index (χ2n) is 4.38. The van der Waals surface area contributed by atoms with Crippen molar-refractivity contribution in [1.82, 2.24) is 4.98 Å². The summed E-state index contributed by atoms with van der Waals surface area (Å²) in [6.45, 7) is 2.25. The number of hydrogen-bond donors (Lipinski definition) is 1. The first-order valence-corrected chi connectivity index (χ1v) is 6.78. The normalized spacial score (nSPS) is 10.0. The molecule has 2 rings (SSSR count). The molecule has 23 heavy (non-hydrogen) atoms. The van der Waals surface area contributed by atoms with E-state index in [0.717, 1.165) is 0 Å². The minimum Gasteiger partial charge on any atom is -0.490 e. The Hall–Kier alpha value is -3.16. The van der Waals surface area contributed by atoms with Crippen LogP contribution in [0, 0.1) is 10.1 Å². The fourth-order valence-corrected chi connectivity index (χ4v) is 1.91. The van der Waals surface area contributed by atoms with Gasteiger partial charge in [-0.1, -0.05) is 0 Å². The molecule has 1 amide bonds. The van der Waals surface area contributed by atoms with Crippen LogP contribution in [0.2, 0.25) is 0 Å². The number of nitrogens with one attached hydrogen (secondary N) is 1. The molecule has 8 heteroatoms. The highest BCUT2D eigenvalue weighted by Gasteiger charge is 2.18. The molecular formula is C15H15N3O5. The van der Waals surface area contributed by atoms with Crippen LogP contribution in [0.25, 0.3) is 0 Å². The van der Waals surface area contributed by atoms with Gasteiger partial charge in [0.1, 0.15) is 0 Å². The van der Waals surface area contributed by atoms with Crippen LogP contribution < -0.4 is 14.8 Å². The van der Waals surface area contributed by atoms with Crippen molar-refractivity contribution in [1.29, 1.82) is 0 Å². The number of hydrogen-bond acceptors (Lipinski definition) is 6. The maximum Gasteiger partial charge on any atom is 0.310 e. The van der Waals surface area contributed by atoms with E-state index < -0.39 is 10.8 Å². The summed E-state index contributed by atoms with van der Waals surface area (Å²) in [6.07, 6.45) is 1.52. The van der Waals surface area contributed by atoms with Crippen molar-refractivity contribution in [2.45, 2.75) is 6.92 Å². The quantitative estimate of drug-likeness (QED) is 0.649. The van der Waals surface area contributed by atoms with E-state index in [1.54, 1.807) is 12.1 Å². The lowest BCUT2D eigenvalue weighted by molar-refractivity contribution is -0.385. The van der Waals surface area contributed by atoms with Gasteiger partial charge in [0.05, 0.1) is 18.6 Å². The minimum atomic E-state index is -0.577. The molecule has 2 aromatic rings. The first kappa shape index (κ1) is 16.2. The van der Waals surface area contributed by atoms with E-state index in [0.29, 0.717) is 12.4 Å². The van der Waals surface area contributed by atoms with Crippen LogP contribution in [-0.4, -0.2) is 29.5 Å². The van der Waals surface area contributed by atoms with E-state index in [4.69, 9.17) is 9.47 Å². The van der Waals surface area contributed by atoms with Crippen LogP contribution in [0.15, 0.2) is 36.5 Å². The number of aromatic nitrogens is 1. The average Bonchev–Trinajstić information content (AvgIpc) is 2.56. The van der Waals surface area contributed by atoms with Crippen molar-refractivity contribution in [3.05, 3.63) is 52.2 Å². The molecule has 0 saturated carbocycles. The zero-order valence-electron chi connectivity index (χ0n) is 12.6. The summed E-state index contributed by atoms with van der Waals surface area (Å²) in [5.74, 6) is 0.250. The summed E-state index contributed by atoms with van der Waals surface area (Å²) < 4.78 is 10.3. The molecule has 8 nitrogen and oxygen atoms in total. The van der Waals surface area contributed by atoms with Gasteiger partial charge in [-0.3, -0.25) is 14.9 Å². The first-order chi connectivity index (χ1) is 11.1. The van der Waals surface area contributed by atoms with Crippen molar-refractivity contribution in [3.63, 3.8) is 0 Å². The van der Waals surface area contributed by atoms with Gasteiger partial charge in [0.25, 0.3) is 5.91 Å². The zero-order valence-corrected chi connectivity index (χ0v) is 12.6. The summed E-state index contributed by atoms with van der Waals surface area (Å²) in [5, 5.41) is 13.5. The van der Waals surface area contributed by atoms with Gasteiger partial charge in [0, 0.05) is 23.9 Å². The minimum absolute atomic E-state index is 0.00806. The van der Waals surface area contributed by atoms with Gasteiger partial charge in [0.2, 0.25) is 0 Å². The average molecular weight is 317 g/mol. The smallest absolute Gasteiger partial charge is 0.310 e. The Kier molecular flexibility index (Phi) is 5.08. The SMILES string of the molecule is CCOc1cccnc1NC(=O)c1ccc([N+](=O)[O-])c(OC)c1. The molecule has 1 aromatic carbocycles. The molecule has 120 valence electrons. The van der Waals surface area contributed by atoms with Crippen LogP contribution >= 0.6 is 0 Å². The van der Waals surface area contributed by atoms with Crippen molar-refractivity contribution in [3.8, 4) is 11.5 Å². The molecule has 0 fully saturated rings. The summed E-state index contributed by atoms with van der Waals surface area (Å²) in [7, 11) is 1.30.